The van der Waals surface area contributed by atoms with E-state index in [4.69, 9.17) is 0 Å². The van der Waals surface area contributed by atoms with Gasteiger partial charge >= 0.3 is 0 Å². The lowest BCUT2D eigenvalue weighted by Gasteiger charge is -2.07. The molecule has 0 aliphatic carbocycles. The maximum absolute atomic E-state index is 12.5. The molecule has 0 saturated heterocycles. The van der Waals surface area contributed by atoms with Crippen molar-refractivity contribution in [1.82, 2.24) is 4.98 Å². The fourth-order valence-corrected chi connectivity index (χ4v) is 4.01. The highest BCUT2D eigenvalue weighted by atomic mass is 32.1. The lowest BCUT2D eigenvalue weighted by atomic mass is 10.1. The van der Waals surface area contributed by atoms with Gasteiger partial charge in [-0.2, -0.15) is 0 Å². The van der Waals surface area contributed by atoms with Crippen molar-refractivity contribution in [3.05, 3.63) is 62.0 Å². The van der Waals surface area contributed by atoms with Crippen LogP contribution in [0.3, 0.4) is 0 Å². The Labute approximate surface area is 146 Å². The quantitative estimate of drug-likeness (QED) is 0.543. The van der Waals surface area contributed by atoms with Crippen LogP contribution in [0.5, 0.6) is 0 Å². The van der Waals surface area contributed by atoms with Crippen molar-refractivity contribution in [3.63, 3.8) is 0 Å². The molecule has 122 valence electrons. The van der Waals surface area contributed by atoms with Gasteiger partial charge in [0, 0.05) is 6.07 Å². The van der Waals surface area contributed by atoms with Crippen molar-refractivity contribution >= 4 is 40.0 Å². The van der Waals surface area contributed by atoms with Gasteiger partial charge in [0.25, 0.3) is 11.6 Å². The van der Waals surface area contributed by atoms with Gasteiger partial charge in [-0.25, -0.2) is 4.98 Å². The number of amides is 1. The molecule has 2 heterocycles. The summed E-state index contributed by atoms with van der Waals surface area (Å²) in [5, 5.41) is 16.5. The van der Waals surface area contributed by atoms with Gasteiger partial charge in [-0.3, -0.25) is 14.9 Å². The topological polar surface area (TPSA) is 85.1 Å². The molecule has 1 aromatic carbocycles. The van der Waals surface area contributed by atoms with Gasteiger partial charge in [0.05, 0.1) is 26.7 Å². The van der Waals surface area contributed by atoms with Gasteiger partial charge in [-0.1, -0.05) is 12.1 Å². The van der Waals surface area contributed by atoms with Crippen LogP contribution in [0.15, 0.2) is 35.7 Å². The van der Waals surface area contributed by atoms with E-state index >= 15 is 0 Å². The first-order valence-corrected chi connectivity index (χ1v) is 8.73. The number of nitrogens with one attached hydrogen (secondary N) is 1. The summed E-state index contributed by atoms with van der Waals surface area (Å²) in [6, 6.07) is 8.50. The molecule has 3 aromatic rings. The fraction of sp³-hybridized carbons (Fsp3) is 0.125. The largest absolute Gasteiger partial charge is 0.321 e. The molecule has 0 aliphatic rings. The second-order valence-electron chi connectivity index (χ2n) is 5.07. The maximum atomic E-state index is 12.5. The Morgan fingerprint density at radius 2 is 2.04 bits per heavy atom. The van der Waals surface area contributed by atoms with Gasteiger partial charge in [0.1, 0.15) is 9.88 Å². The minimum atomic E-state index is -0.460. The highest BCUT2D eigenvalue weighted by Crippen LogP contribution is 2.32. The Balaban J connectivity index is 1.89. The summed E-state index contributed by atoms with van der Waals surface area (Å²) in [5.74, 6) is -0.309. The summed E-state index contributed by atoms with van der Waals surface area (Å²) < 4.78 is 0. The molecule has 8 heteroatoms. The fourth-order valence-electron chi connectivity index (χ4n) is 2.25. The predicted molar refractivity (Wildman–Crippen MR) is 96.0 cm³/mol. The molecule has 0 fully saturated rings. The number of carbonyl (C=O) groups excluding carboxylic acids is 1. The molecule has 3 rings (SSSR count). The standard InChI is InChI=1S/C16H13N3O3S2/c1-9-11(5-3-6-12(9)19(21)22)18-15(20)14-10(2)17-16(24-14)13-7-4-8-23-13/h3-8H,1-2H3,(H,18,20). The number of nitro groups is 1. The number of aryl methyl sites for hydroxylation is 1. The SMILES string of the molecule is Cc1nc(-c2cccs2)sc1C(=O)Nc1cccc([N+](=O)[O-])c1C. The molecule has 0 saturated carbocycles. The minimum absolute atomic E-state index is 0.0203. The van der Waals surface area contributed by atoms with E-state index in [-0.39, 0.29) is 11.6 Å². The van der Waals surface area contributed by atoms with E-state index in [0.29, 0.717) is 21.8 Å². The average molecular weight is 359 g/mol. The highest BCUT2D eigenvalue weighted by molar-refractivity contribution is 7.22. The number of thiophene rings is 1. The van der Waals surface area contributed by atoms with Crippen molar-refractivity contribution in [3.8, 4) is 9.88 Å². The molecule has 0 spiro atoms. The van der Waals surface area contributed by atoms with E-state index < -0.39 is 4.92 Å². The van der Waals surface area contributed by atoms with Crippen LogP contribution in [-0.4, -0.2) is 15.8 Å². The summed E-state index contributed by atoms with van der Waals surface area (Å²) in [7, 11) is 0. The molecule has 2 aromatic heterocycles. The monoisotopic (exact) mass is 359 g/mol. The third kappa shape index (κ3) is 3.06. The Morgan fingerprint density at radius 1 is 1.25 bits per heavy atom. The van der Waals surface area contributed by atoms with Crippen LogP contribution in [0, 0.1) is 24.0 Å². The van der Waals surface area contributed by atoms with Crippen LogP contribution in [0.1, 0.15) is 20.9 Å². The molecule has 0 unspecified atom stereocenters. The van der Waals surface area contributed by atoms with E-state index in [2.05, 4.69) is 10.3 Å². The number of rotatable bonds is 4. The molecular formula is C16H13N3O3S2. The predicted octanol–water partition coefficient (Wildman–Crippen LogP) is 4.65. The first kappa shape index (κ1) is 16.3. The third-order valence-electron chi connectivity index (χ3n) is 3.48. The van der Waals surface area contributed by atoms with Crippen molar-refractivity contribution in [2.45, 2.75) is 13.8 Å². The van der Waals surface area contributed by atoms with Gasteiger partial charge < -0.3 is 5.32 Å². The summed E-state index contributed by atoms with van der Waals surface area (Å²) in [5.41, 5.74) is 1.48. The number of carbonyl (C=O) groups is 1. The second-order valence-corrected chi connectivity index (χ2v) is 7.02. The zero-order valence-electron chi connectivity index (χ0n) is 12.9. The summed E-state index contributed by atoms with van der Waals surface area (Å²) in [6.45, 7) is 3.40. The van der Waals surface area contributed by atoms with E-state index in [1.807, 2.05) is 17.5 Å². The van der Waals surface area contributed by atoms with Gasteiger partial charge in [-0.15, -0.1) is 22.7 Å². The molecule has 24 heavy (non-hydrogen) atoms. The lowest BCUT2D eigenvalue weighted by Crippen LogP contribution is -2.13. The second kappa shape index (κ2) is 6.50. The van der Waals surface area contributed by atoms with E-state index in [1.165, 1.54) is 17.4 Å². The highest BCUT2D eigenvalue weighted by Gasteiger charge is 2.19. The van der Waals surface area contributed by atoms with E-state index in [9.17, 15) is 14.9 Å². The number of aromatic nitrogens is 1. The summed E-state index contributed by atoms with van der Waals surface area (Å²) in [4.78, 5) is 29.0. The number of benzene rings is 1. The van der Waals surface area contributed by atoms with Crippen molar-refractivity contribution in [2.75, 3.05) is 5.32 Å². The number of thiazole rings is 1. The Bertz CT molecular complexity index is 917. The van der Waals surface area contributed by atoms with Crippen molar-refractivity contribution in [1.29, 1.82) is 0 Å². The van der Waals surface area contributed by atoms with Gasteiger partial charge in [0.15, 0.2) is 0 Å². The Morgan fingerprint density at radius 3 is 2.71 bits per heavy atom. The number of anilines is 1. The van der Waals surface area contributed by atoms with Gasteiger partial charge in [-0.05, 0) is 31.4 Å². The molecule has 6 nitrogen and oxygen atoms in total. The third-order valence-corrected chi connectivity index (χ3v) is 5.68. The molecule has 0 atom stereocenters. The lowest BCUT2D eigenvalue weighted by molar-refractivity contribution is -0.385. The number of hydrogen-bond donors (Lipinski definition) is 1. The smallest absolute Gasteiger partial charge is 0.274 e. The van der Waals surface area contributed by atoms with Crippen LogP contribution >= 0.6 is 22.7 Å². The minimum Gasteiger partial charge on any atom is -0.321 e. The Hall–Kier alpha value is -2.58. The van der Waals surface area contributed by atoms with E-state index in [1.54, 1.807) is 37.3 Å². The number of nitrogens with zero attached hydrogens (tertiary/aromatic N) is 2. The number of nitro benzene ring substituents is 1. The zero-order valence-corrected chi connectivity index (χ0v) is 14.5. The number of hydrogen-bond acceptors (Lipinski definition) is 6. The molecular weight excluding hydrogens is 346 g/mol. The molecule has 0 bridgehead atoms. The van der Waals surface area contributed by atoms with Crippen LogP contribution in [0.4, 0.5) is 11.4 Å². The van der Waals surface area contributed by atoms with Crippen molar-refractivity contribution < 1.29 is 9.72 Å². The summed E-state index contributed by atoms with van der Waals surface area (Å²) >= 11 is 2.88. The zero-order chi connectivity index (χ0) is 17.3. The van der Waals surface area contributed by atoms with Crippen LogP contribution < -0.4 is 5.32 Å². The first-order chi connectivity index (χ1) is 11.5. The van der Waals surface area contributed by atoms with Crippen LogP contribution in [0.2, 0.25) is 0 Å². The normalized spacial score (nSPS) is 10.6. The molecule has 0 aliphatic heterocycles. The first-order valence-electron chi connectivity index (χ1n) is 7.04. The molecule has 1 N–H and O–H groups in total. The van der Waals surface area contributed by atoms with Crippen molar-refractivity contribution in [2.24, 2.45) is 0 Å². The van der Waals surface area contributed by atoms with Crippen LogP contribution in [0.25, 0.3) is 9.88 Å². The van der Waals surface area contributed by atoms with Gasteiger partial charge in [0.2, 0.25) is 0 Å². The molecule has 0 radical (unpaired) electrons. The average Bonchev–Trinajstić information content (AvgIpc) is 3.18. The summed E-state index contributed by atoms with van der Waals surface area (Å²) in [6.07, 6.45) is 0. The Kier molecular flexibility index (Phi) is 4.41. The molecule has 1 amide bonds. The maximum Gasteiger partial charge on any atom is 0.274 e. The van der Waals surface area contributed by atoms with Crippen LogP contribution in [-0.2, 0) is 0 Å². The van der Waals surface area contributed by atoms with E-state index in [0.717, 1.165) is 9.88 Å².